The van der Waals surface area contributed by atoms with Crippen LogP contribution in [0.25, 0.3) is 0 Å². The number of likely N-dealkylation sites (tertiary alicyclic amines) is 1. The van der Waals surface area contributed by atoms with E-state index >= 15 is 0 Å². The number of benzene rings is 2. The molecular formula is C35H44N2O6. The molecule has 2 aromatic carbocycles. The lowest BCUT2D eigenvalue weighted by Crippen LogP contribution is -2.64. The van der Waals surface area contributed by atoms with Gasteiger partial charge in [0.25, 0.3) is 0 Å². The summed E-state index contributed by atoms with van der Waals surface area (Å²) in [6, 6.07) is 15.2. The lowest BCUT2D eigenvalue weighted by Gasteiger charge is -2.56. The molecule has 9 atom stereocenters. The Hall–Kier alpha value is -2.91. The number of likely N-dealkylation sites (N-methyl/N-ethyl adjacent to an activating group) is 1. The Morgan fingerprint density at radius 2 is 1.84 bits per heavy atom. The van der Waals surface area contributed by atoms with Gasteiger partial charge in [-0.25, -0.2) is 0 Å². The molecule has 0 saturated carbocycles. The number of carbonyl (C=O) groups is 1. The molecule has 4 bridgehead atoms. The van der Waals surface area contributed by atoms with Crippen molar-refractivity contribution < 1.29 is 29.2 Å². The van der Waals surface area contributed by atoms with E-state index < -0.39 is 12.0 Å². The molecule has 6 aliphatic rings. The number of piperidine rings is 2. The molecule has 4 aliphatic heterocycles. The van der Waals surface area contributed by atoms with Gasteiger partial charge in [-0.1, -0.05) is 48.6 Å². The second-order valence-electron chi connectivity index (χ2n) is 13.3. The quantitative estimate of drug-likeness (QED) is 0.406. The van der Waals surface area contributed by atoms with Crippen molar-refractivity contribution in [1.29, 1.82) is 0 Å². The smallest absolute Gasteiger partial charge is 0.316 e. The molecule has 3 fully saturated rings. The summed E-state index contributed by atoms with van der Waals surface area (Å²) in [7, 11) is 6.07. The Labute approximate surface area is 254 Å². The van der Waals surface area contributed by atoms with Gasteiger partial charge >= 0.3 is 5.97 Å². The van der Waals surface area contributed by atoms with Crippen LogP contribution in [0.5, 0.6) is 11.5 Å². The Kier molecular flexibility index (Phi) is 7.53. The molecule has 2 unspecified atom stereocenters. The molecule has 0 radical (unpaired) electrons. The third-order valence-corrected chi connectivity index (χ3v) is 11.4. The number of hydrogen-bond acceptors (Lipinski definition) is 8. The van der Waals surface area contributed by atoms with Crippen LogP contribution in [0.4, 0.5) is 0 Å². The number of methoxy groups -OCH3 is 1. The van der Waals surface area contributed by atoms with E-state index in [1.165, 1.54) is 24.0 Å². The Morgan fingerprint density at radius 1 is 1.09 bits per heavy atom. The maximum Gasteiger partial charge on any atom is 0.316 e. The van der Waals surface area contributed by atoms with E-state index in [2.05, 4.69) is 36.0 Å². The maximum absolute atomic E-state index is 12.4. The fraction of sp³-hybridized carbons (Fsp3) is 0.571. The normalized spacial score (nSPS) is 35.7. The van der Waals surface area contributed by atoms with Gasteiger partial charge in [-0.15, -0.1) is 0 Å². The van der Waals surface area contributed by atoms with Gasteiger partial charge in [-0.3, -0.25) is 4.79 Å². The van der Waals surface area contributed by atoms with E-state index in [4.69, 9.17) is 14.2 Å². The van der Waals surface area contributed by atoms with Gasteiger partial charge in [0.05, 0.1) is 13.7 Å². The zero-order valence-electron chi connectivity index (χ0n) is 25.4. The lowest BCUT2D eigenvalue weighted by atomic mass is 9.53. The van der Waals surface area contributed by atoms with Crippen LogP contribution in [-0.2, 0) is 21.4 Å². The minimum absolute atomic E-state index is 0.00367. The van der Waals surface area contributed by atoms with E-state index in [-0.39, 0.29) is 30.2 Å². The van der Waals surface area contributed by atoms with Gasteiger partial charge in [0.15, 0.2) is 11.5 Å². The molecule has 230 valence electrons. The highest BCUT2D eigenvalue weighted by molar-refractivity contribution is 5.78. The highest BCUT2D eigenvalue weighted by Gasteiger charge is 2.64. The van der Waals surface area contributed by atoms with Crippen molar-refractivity contribution in [2.75, 3.05) is 34.4 Å². The van der Waals surface area contributed by atoms with Crippen LogP contribution < -0.4 is 9.47 Å². The summed E-state index contributed by atoms with van der Waals surface area (Å²) in [6.07, 6.45) is 9.80. The standard InChI is InChI=1S/C18H21NO3.C17H23NO3/c1-19-8-7-18-11-4-5-13(20)17(18)22-16-14(21-2)6-3-10(15(16)18)9-12(11)19;1-18-13-7-8-14(18)10-15(9-13)21-17(20)16(11-19)12-5-3-2-4-6-12/h3-6,11-13,17,20H,7-9H2,1-2H3;2-6,13-16,19H,7-11H2,1H3/t11-,12+,13-,17-,18-;13-,14+,15?,16?/m0./s1. The van der Waals surface area contributed by atoms with Crippen LogP contribution in [0.15, 0.2) is 54.6 Å². The van der Waals surface area contributed by atoms with E-state index in [9.17, 15) is 15.0 Å². The molecule has 4 heterocycles. The van der Waals surface area contributed by atoms with Gasteiger partial charge in [0.1, 0.15) is 24.2 Å². The molecule has 0 aromatic heterocycles. The summed E-state index contributed by atoms with van der Waals surface area (Å²) < 4.78 is 17.5. The van der Waals surface area contributed by atoms with Crippen LogP contribution in [-0.4, -0.2) is 96.8 Å². The van der Waals surface area contributed by atoms with Crippen LogP contribution in [0.1, 0.15) is 54.7 Å². The molecule has 2 aromatic rings. The summed E-state index contributed by atoms with van der Waals surface area (Å²) in [5.74, 6) is 1.23. The van der Waals surface area contributed by atoms with Gasteiger partial charge < -0.3 is 34.2 Å². The second kappa shape index (κ2) is 11.2. The highest BCUT2D eigenvalue weighted by atomic mass is 16.5. The van der Waals surface area contributed by atoms with Crippen molar-refractivity contribution in [2.45, 2.75) is 86.3 Å². The Bertz CT molecular complexity index is 1370. The number of aliphatic hydroxyl groups is 2. The number of ether oxygens (including phenoxy) is 3. The average molecular weight is 589 g/mol. The number of aliphatic hydroxyl groups excluding tert-OH is 2. The third-order valence-electron chi connectivity index (χ3n) is 11.4. The van der Waals surface area contributed by atoms with Crippen LogP contribution in [0, 0.1) is 5.92 Å². The van der Waals surface area contributed by atoms with Crippen molar-refractivity contribution >= 4 is 5.97 Å². The molecule has 43 heavy (non-hydrogen) atoms. The molecule has 0 amide bonds. The van der Waals surface area contributed by atoms with Crippen molar-refractivity contribution in [3.05, 3.63) is 71.3 Å². The summed E-state index contributed by atoms with van der Waals surface area (Å²) in [4.78, 5) is 17.3. The molecule has 8 heteroatoms. The summed E-state index contributed by atoms with van der Waals surface area (Å²) in [6.45, 7) is 0.847. The fourth-order valence-electron chi connectivity index (χ4n) is 9.09. The first kappa shape index (κ1) is 28.8. The van der Waals surface area contributed by atoms with Crippen molar-refractivity contribution in [2.24, 2.45) is 5.92 Å². The third kappa shape index (κ3) is 4.60. The zero-order valence-corrected chi connectivity index (χ0v) is 25.4. The van der Waals surface area contributed by atoms with Gasteiger partial charge in [0.2, 0.25) is 0 Å². The van der Waals surface area contributed by atoms with E-state index in [0.29, 0.717) is 24.0 Å². The molecule has 2 N–H and O–H groups in total. The van der Waals surface area contributed by atoms with Gasteiger partial charge in [-0.2, -0.15) is 0 Å². The van der Waals surface area contributed by atoms with Crippen LogP contribution in [0.3, 0.4) is 0 Å². The predicted molar refractivity (Wildman–Crippen MR) is 162 cm³/mol. The van der Waals surface area contributed by atoms with Crippen molar-refractivity contribution in [3.8, 4) is 11.5 Å². The number of rotatable bonds is 5. The van der Waals surface area contributed by atoms with Gasteiger partial charge in [-0.05, 0) is 76.4 Å². The molecular weight excluding hydrogens is 544 g/mol. The van der Waals surface area contributed by atoms with Crippen LogP contribution >= 0.6 is 0 Å². The molecule has 1 spiro atoms. The fourth-order valence-corrected chi connectivity index (χ4v) is 9.09. The molecule has 8 nitrogen and oxygen atoms in total. The molecule has 2 aliphatic carbocycles. The summed E-state index contributed by atoms with van der Waals surface area (Å²) in [5, 5.41) is 20.1. The second-order valence-corrected chi connectivity index (χ2v) is 13.3. The zero-order chi connectivity index (χ0) is 29.9. The molecule has 8 rings (SSSR count). The largest absolute Gasteiger partial charge is 0.493 e. The Morgan fingerprint density at radius 3 is 2.53 bits per heavy atom. The first-order valence-electron chi connectivity index (χ1n) is 15.9. The number of hydrogen-bond donors (Lipinski definition) is 2. The molecule has 3 saturated heterocycles. The minimum Gasteiger partial charge on any atom is -0.493 e. The summed E-state index contributed by atoms with van der Waals surface area (Å²) >= 11 is 0. The van der Waals surface area contributed by atoms with Crippen LogP contribution in [0.2, 0.25) is 0 Å². The van der Waals surface area contributed by atoms with E-state index in [1.54, 1.807) is 7.11 Å². The monoisotopic (exact) mass is 588 g/mol. The van der Waals surface area contributed by atoms with E-state index in [1.807, 2.05) is 42.5 Å². The lowest BCUT2D eigenvalue weighted by molar-refractivity contribution is -0.155. The average Bonchev–Trinajstić information content (AvgIpc) is 3.45. The first-order valence-corrected chi connectivity index (χ1v) is 15.9. The van der Waals surface area contributed by atoms with Crippen molar-refractivity contribution in [1.82, 2.24) is 9.80 Å². The number of esters is 1. The number of nitrogens with zero attached hydrogens (tertiary/aromatic N) is 2. The highest BCUT2D eigenvalue weighted by Crippen LogP contribution is 2.62. The maximum atomic E-state index is 12.4. The topological polar surface area (TPSA) is 91.7 Å². The van der Waals surface area contributed by atoms with Crippen molar-refractivity contribution in [3.63, 3.8) is 0 Å². The summed E-state index contributed by atoms with van der Waals surface area (Å²) in [5.41, 5.74) is 3.42. The Balaban J connectivity index is 0.000000140. The number of carbonyl (C=O) groups excluding carboxylic acids is 1. The predicted octanol–water partition coefficient (Wildman–Crippen LogP) is 3.43. The van der Waals surface area contributed by atoms with E-state index in [0.717, 1.165) is 49.3 Å². The minimum atomic E-state index is -0.566. The number of fused-ring (bicyclic) bond motifs is 2. The van der Waals surface area contributed by atoms with Gasteiger partial charge in [0, 0.05) is 35.0 Å². The first-order chi connectivity index (χ1) is 20.8. The SMILES string of the molecule is CN1[C@@H]2CC[C@H]1CC(OC(=O)C(CO)c1ccccc1)C2.COc1ccc2c3c1O[C@H]1[C@@H](O)C=C[C@H]4[C@@H](C2)N(C)CC[C@@]341.